The van der Waals surface area contributed by atoms with Crippen molar-refractivity contribution in [1.29, 1.82) is 0 Å². The van der Waals surface area contributed by atoms with Crippen LogP contribution in [0.4, 0.5) is 10.6 Å². The summed E-state index contributed by atoms with van der Waals surface area (Å²) in [5.74, 6) is 1.92. The van der Waals surface area contributed by atoms with Crippen LogP contribution in [0.2, 0.25) is 0 Å². The molecule has 2 aliphatic carbocycles. The zero-order valence-electron chi connectivity index (χ0n) is 26.3. The summed E-state index contributed by atoms with van der Waals surface area (Å²) >= 11 is 0. The van der Waals surface area contributed by atoms with Crippen LogP contribution in [0, 0.1) is 0 Å². The maximum absolute atomic E-state index is 13.2. The predicted molar refractivity (Wildman–Crippen MR) is 164 cm³/mol. The molecule has 0 radical (unpaired) electrons. The molecule has 0 aromatic carbocycles. The topological polar surface area (TPSA) is 133 Å². The van der Waals surface area contributed by atoms with Gasteiger partial charge in [0.05, 0.1) is 11.1 Å². The van der Waals surface area contributed by atoms with Crippen LogP contribution in [-0.2, 0) is 21.4 Å². The number of amides is 1. The van der Waals surface area contributed by atoms with Crippen LogP contribution in [0.5, 0.6) is 5.88 Å². The molecule has 1 spiro atoms. The molecule has 11 heteroatoms. The van der Waals surface area contributed by atoms with Gasteiger partial charge in [-0.3, -0.25) is 15.0 Å². The van der Waals surface area contributed by atoms with Gasteiger partial charge >= 0.3 is 6.09 Å². The number of fused-ring (bicyclic) bond motifs is 2. The van der Waals surface area contributed by atoms with Gasteiger partial charge in [0.1, 0.15) is 29.0 Å². The Morgan fingerprint density at radius 2 is 1.95 bits per heavy atom. The largest absolute Gasteiger partial charge is 0.473 e. The molecule has 3 aromatic heterocycles. The van der Waals surface area contributed by atoms with Crippen LogP contribution in [0.25, 0.3) is 22.8 Å². The van der Waals surface area contributed by atoms with Crippen molar-refractivity contribution in [1.82, 2.24) is 25.0 Å². The molecule has 6 rings (SSSR count). The summed E-state index contributed by atoms with van der Waals surface area (Å²) in [5, 5.41) is 7.17. The number of pyridine rings is 1. The van der Waals surface area contributed by atoms with E-state index in [1.54, 1.807) is 33.0 Å². The fraction of sp³-hybridized carbons (Fsp3) is 0.576. The van der Waals surface area contributed by atoms with Crippen LogP contribution in [0.3, 0.4) is 0 Å². The van der Waals surface area contributed by atoms with Crippen molar-refractivity contribution >= 4 is 17.7 Å². The molecule has 1 N–H and O–H groups in total. The number of anilines is 1. The Morgan fingerprint density at radius 3 is 2.66 bits per heavy atom. The number of nitrogens with one attached hydrogen (secondary N) is 1. The molecule has 2 fully saturated rings. The third-order valence-corrected chi connectivity index (χ3v) is 9.08. The number of Topliss-reactive ketones (excluding diaryl/α,β-unsaturated/α-hetero) is 1. The number of likely N-dealkylation sites (N-methyl/N-ethyl adjacent to an activating group) is 1. The minimum Gasteiger partial charge on any atom is -0.473 e. The number of rotatable bonds is 6. The second-order valence-corrected chi connectivity index (χ2v) is 13.4. The Bertz CT molecular complexity index is 1530. The lowest BCUT2D eigenvalue weighted by atomic mass is 9.64. The van der Waals surface area contributed by atoms with Crippen molar-refractivity contribution < 1.29 is 23.6 Å². The van der Waals surface area contributed by atoms with Crippen molar-refractivity contribution in [2.45, 2.75) is 109 Å². The molecule has 0 bridgehead atoms. The molecule has 1 saturated heterocycles. The first-order chi connectivity index (χ1) is 21.0. The normalized spacial score (nSPS) is 22.9. The number of ketones is 1. The Labute approximate surface area is 258 Å². The summed E-state index contributed by atoms with van der Waals surface area (Å²) in [6.07, 6.45) is 8.95. The zero-order valence-corrected chi connectivity index (χ0v) is 26.3. The summed E-state index contributed by atoms with van der Waals surface area (Å²) in [6, 6.07) is 5.62. The number of likely N-dealkylation sites (tertiary alicyclic amines) is 1. The van der Waals surface area contributed by atoms with Gasteiger partial charge in [0, 0.05) is 35.9 Å². The summed E-state index contributed by atoms with van der Waals surface area (Å²) in [5.41, 5.74) is 1.82. The number of aromatic nitrogens is 4. The first-order valence-electron chi connectivity index (χ1n) is 15.8. The van der Waals surface area contributed by atoms with E-state index in [1.165, 1.54) is 0 Å². The van der Waals surface area contributed by atoms with Gasteiger partial charge in [0.15, 0.2) is 0 Å². The van der Waals surface area contributed by atoms with Crippen LogP contribution in [0.15, 0.2) is 28.9 Å². The van der Waals surface area contributed by atoms with Gasteiger partial charge in [-0.1, -0.05) is 11.6 Å². The SMILES string of the molecule is C[C@H](Oc1cc(-c2ccc(NC(=O)OC(C)(C)C)nc2)nc(-c2onc3c2CCC[C@@]32CCCCC2=O)n1)[C@@H]1CCCN1C. The number of hydrogen-bond acceptors (Lipinski definition) is 10. The Hall–Kier alpha value is -3.86. The maximum atomic E-state index is 13.2. The molecular weight excluding hydrogens is 560 g/mol. The van der Waals surface area contributed by atoms with Crippen LogP contribution >= 0.6 is 0 Å². The molecule has 3 atom stereocenters. The van der Waals surface area contributed by atoms with Gasteiger partial charge in [0.25, 0.3) is 0 Å². The maximum Gasteiger partial charge on any atom is 0.413 e. The highest BCUT2D eigenvalue weighted by atomic mass is 16.6. The average Bonchev–Trinajstić information content (AvgIpc) is 3.61. The summed E-state index contributed by atoms with van der Waals surface area (Å²) in [4.78, 5) is 41.9. The molecule has 3 aromatic rings. The third kappa shape index (κ3) is 6.06. The van der Waals surface area contributed by atoms with Gasteiger partial charge in [-0.05, 0) is 98.4 Å². The van der Waals surface area contributed by atoms with Gasteiger partial charge in [-0.2, -0.15) is 4.98 Å². The highest BCUT2D eigenvalue weighted by Gasteiger charge is 2.48. The fourth-order valence-electron chi connectivity index (χ4n) is 6.94. The van der Waals surface area contributed by atoms with Crippen molar-refractivity contribution in [3.05, 3.63) is 35.7 Å². The van der Waals surface area contributed by atoms with Crippen molar-refractivity contribution in [2.24, 2.45) is 0 Å². The quantitative estimate of drug-likeness (QED) is 0.352. The molecule has 4 heterocycles. The van der Waals surface area contributed by atoms with Crippen LogP contribution in [0.1, 0.15) is 90.3 Å². The predicted octanol–water partition coefficient (Wildman–Crippen LogP) is 6.12. The number of ether oxygens (including phenoxy) is 2. The van der Waals surface area contributed by atoms with Crippen LogP contribution < -0.4 is 10.1 Å². The van der Waals surface area contributed by atoms with Crippen molar-refractivity contribution in [3.8, 4) is 28.7 Å². The lowest BCUT2D eigenvalue weighted by Crippen LogP contribution is -2.41. The Balaban J connectivity index is 1.35. The van der Waals surface area contributed by atoms with Gasteiger partial charge in [-0.15, -0.1) is 0 Å². The van der Waals surface area contributed by atoms with E-state index in [1.807, 2.05) is 12.1 Å². The second kappa shape index (κ2) is 11.9. The first kappa shape index (κ1) is 30.2. The average molecular weight is 603 g/mol. The molecule has 1 amide bonds. The minimum absolute atomic E-state index is 0.0941. The second-order valence-electron chi connectivity index (χ2n) is 13.4. The number of nitrogens with zero attached hydrogens (tertiary/aromatic N) is 5. The molecule has 11 nitrogen and oxygen atoms in total. The highest BCUT2D eigenvalue weighted by molar-refractivity contribution is 5.91. The third-order valence-electron chi connectivity index (χ3n) is 9.08. The Morgan fingerprint density at radius 1 is 1.14 bits per heavy atom. The summed E-state index contributed by atoms with van der Waals surface area (Å²) in [7, 11) is 2.12. The molecule has 0 unspecified atom stereocenters. The molecular formula is C33H42N6O5. The molecule has 3 aliphatic rings. The number of hydrogen-bond donors (Lipinski definition) is 1. The molecule has 1 saturated carbocycles. The minimum atomic E-state index is -0.619. The number of carbonyl (C=O) groups excluding carboxylic acids is 2. The van der Waals surface area contributed by atoms with E-state index in [-0.39, 0.29) is 17.9 Å². The Kier molecular flexibility index (Phi) is 8.17. The molecule has 234 valence electrons. The van der Waals surface area contributed by atoms with E-state index in [0.717, 1.165) is 69.2 Å². The summed E-state index contributed by atoms with van der Waals surface area (Å²) < 4.78 is 17.8. The van der Waals surface area contributed by atoms with E-state index in [0.29, 0.717) is 41.0 Å². The lowest BCUT2D eigenvalue weighted by Gasteiger charge is -2.37. The van der Waals surface area contributed by atoms with E-state index >= 15 is 0 Å². The lowest BCUT2D eigenvalue weighted by molar-refractivity contribution is -0.127. The van der Waals surface area contributed by atoms with Crippen LogP contribution in [-0.4, -0.2) is 68.2 Å². The van der Waals surface area contributed by atoms with E-state index in [4.69, 9.17) is 24.0 Å². The first-order valence-corrected chi connectivity index (χ1v) is 15.8. The standard InChI is InChI=1S/C33H42N6O5/c1-20(24-11-9-17-39(24)5)42-27-18-23(21-13-14-26(34-19-21)36-31(41)43-32(2,3)4)35-30(37-27)28-22-10-8-16-33(29(22)38-44-28)15-7-6-12-25(33)40/h13-14,18-20,24H,6-12,15-17H2,1-5H3,(H,34,36,41)/t20-,24-,33+/m0/s1. The fourth-order valence-corrected chi connectivity index (χ4v) is 6.94. The smallest absolute Gasteiger partial charge is 0.413 e. The number of carbonyl (C=O) groups is 2. The molecule has 44 heavy (non-hydrogen) atoms. The van der Waals surface area contributed by atoms with E-state index < -0.39 is 17.1 Å². The highest BCUT2D eigenvalue weighted by Crippen LogP contribution is 2.47. The van der Waals surface area contributed by atoms with Crippen molar-refractivity contribution in [3.63, 3.8) is 0 Å². The van der Waals surface area contributed by atoms with E-state index in [9.17, 15) is 9.59 Å². The van der Waals surface area contributed by atoms with Crippen molar-refractivity contribution in [2.75, 3.05) is 18.9 Å². The van der Waals surface area contributed by atoms with Gasteiger partial charge in [0.2, 0.25) is 17.5 Å². The zero-order chi connectivity index (χ0) is 31.1. The van der Waals surface area contributed by atoms with Gasteiger partial charge < -0.3 is 14.0 Å². The summed E-state index contributed by atoms with van der Waals surface area (Å²) in [6.45, 7) is 8.53. The monoisotopic (exact) mass is 602 g/mol. The van der Waals surface area contributed by atoms with Gasteiger partial charge in [-0.25, -0.2) is 14.8 Å². The molecule has 1 aliphatic heterocycles. The van der Waals surface area contributed by atoms with E-state index in [2.05, 4.69) is 34.3 Å².